The topological polar surface area (TPSA) is 246 Å². The zero-order chi connectivity index (χ0) is 43.8. The van der Waals surface area contributed by atoms with Gasteiger partial charge in [0.1, 0.15) is 29.1 Å². The third-order valence-electron chi connectivity index (χ3n) is 10.1. The van der Waals surface area contributed by atoms with Crippen LogP contribution in [-0.2, 0) is 47.5 Å². The maximum Gasteiger partial charge on any atom is 0.223 e. The first-order valence-corrected chi connectivity index (χ1v) is 21.3. The fourth-order valence-corrected chi connectivity index (χ4v) is 6.98. The largest absolute Gasteiger partial charge is 0.495 e. The van der Waals surface area contributed by atoms with Crippen molar-refractivity contribution in [3.8, 4) is 17.1 Å². The molecule has 20 nitrogen and oxygen atoms in total. The summed E-state index contributed by atoms with van der Waals surface area (Å²) in [7, 11) is 1.64. The van der Waals surface area contributed by atoms with Gasteiger partial charge >= 0.3 is 0 Å². The van der Waals surface area contributed by atoms with Crippen molar-refractivity contribution in [1.29, 1.82) is 0 Å². The zero-order valence-electron chi connectivity index (χ0n) is 36.0. The van der Waals surface area contributed by atoms with Crippen LogP contribution >= 0.6 is 0 Å². The molecular formula is C42H63N9O11. The maximum absolute atomic E-state index is 13.0. The van der Waals surface area contributed by atoms with E-state index in [0.29, 0.717) is 129 Å². The highest BCUT2D eigenvalue weighted by molar-refractivity contribution is 5.93. The van der Waals surface area contributed by atoms with E-state index in [9.17, 15) is 14.4 Å². The number of nitrogens with two attached hydrogens (primary N) is 1. The number of aromatic nitrogens is 5. The molecule has 0 saturated heterocycles. The minimum atomic E-state index is -0.117. The fourth-order valence-electron chi connectivity index (χ4n) is 6.98. The van der Waals surface area contributed by atoms with Crippen LogP contribution in [0.4, 0.5) is 5.82 Å². The molecule has 5 rings (SSSR count). The number of aromatic amines is 1. The zero-order valence-corrected chi connectivity index (χ0v) is 36.0. The third kappa shape index (κ3) is 15.7. The lowest BCUT2D eigenvalue weighted by Gasteiger charge is -2.26. The van der Waals surface area contributed by atoms with Gasteiger partial charge in [0, 0.05) is 50.2 Å². The Labute approximate surface area is 361 Å². The van der Waals surface area contributed by atoms with Gasteiger partial charge in [-0.05, 0) is 37.8 Å². The highest BCUT2D eigenvalue weighted by atomic mass is 16.6. The quantitative estimate of drug-likeness (QED) is 0.0454. The van der Waals surface area contributed by atoms with Gasteiger partial charge in [0.05, 0.1) is 111 Å². The summed E-state index contributed by atoms with van der Waals surface area (Å²) in [5, 5.41) is 14.0. The third-order valence-corrected chi connectivity index (χ3v) is 10.1. The first-order chi connectivity index (χ1) is 30.4. The number of hydrogen-bond donors (Lipinski definition) is 5. The summed E-state index contributed by atoms with van der Waals surface area (Å²) < 4.78 is 45.6. The number of nitrogens with one attached hydrogen (secondary N) is 4. The molecule has 0 unspecified atom stereocenters. The molecule has 1 saturated carbocycles. The number of para-hydroxylation sites is 1. The minimum absolute atomic E-state index is 0.0291. The molecule has 3 heterocycles. The number of nitrogen functional groups attached to an aromatic ring is 1. The number of nitrogens with zero attached hydrogens (tertiary/aromatic N) is 4. The van der Waals surface area contributed by atoms with Crippen LogP contribution < -0.4 is 26.4 Å². The first-order valence-electron chi connectivity index (χ1n) is 21.3. The lowest BCUT2D eigenvalue weighted by Crippen LogP contribution is -2.35. The number of benzene rings is 1. The van der Waals surface area contributed by atoms with Crippen molar-refractivity contribution in [3.05, 3.63) is 36.4 Å². The molecule has 0 bridgehead atoms. The van der Waals surface area contributed by atoms with Crippen molar-refractivity contribution in [2.45, 2.75) is 44.9 Å². The Morgan fingerprint density at radius 2 is 1.32 bits per heavy atom. The van der Waals surface area contributed by atoms with E-state index < -0.39 is 0 Å². The summed E-state index contributed by atoms with van der Waals surface area (Å²) in [6, 6.07) is 7.89. The van der Waals surface area contributed by atoms with Crippen LogP contribution in [0.1, 0.15) is 50.8 Å². The number of rotatable bonds is 31. The minimum Gasteiger partial charge on any atom is -0.495 e. The Kier molecular flexibility index (Phi) is 21.1. The van der Waals surface area contributed by atoms with Crippen molar-refractivity contribution in [2.75, 3.05) is 125 Å². The molecule has 62 heavy (non-hydrogen) atoms. The second-order valence-corrected chi connectivity index (χ2v) is 14.5. The van der Waals surface area contributed by atoms with E-state index in [0.717, 1.165) is 53.9 Å². The van der Waals surface area contributed by atoms with E-state index in [2.05, 4.69) is 31.0 Å². The summed E-state index contributed by atoms with van der Waals surface area (Å²) in [6.07, 6.45) is 4.74. The van der Waals surface area contributed by atoms with E-state index in [1.54, 1.807) is 11.6 Å². The standard InChI is InChI=1S/C42H63N9O11/c1-30(52)44-11-15-57-21-23-61-25-27-62-26-24-60-22-18-56-14-10-36(53)45-12-16-58-19-20-59-17-13-46-42(54)32-8-6-31(7-9-32)41-50-38(39-40(43)47-29-48-51(39)41)34-28-33-4-3-5-35(55-2)37(33)49-34/h3-5,28-29,31-32,49H,6-27H2,1-2H3,(H,44,52)(H,45,53)(H,46,54)(H2,43,47,48)/t31-,32-. The molecule has 4 aromatic rings. The van der Waals surface area contributed by atoms with Gasteiger partial charge in [0.25, 0.3) is 0 Å². The van der Waals surface area contributed by atoms with Gasteiger partial charge in [-0.2, -0.15) is 5.10 Å². The SMILES string of the molecule is COc1cccc2cc(-c3nc([C@H]4CC[C@H](C(=O)NCCOCCOCCNC(=O)CCOCCOCCOCCOCCOCCNC(C)=O)CC4)n4ncnc(N)c34)[nH]c12. The van der Waals surface area contributed by atoms with E-state index in [4.69, 9.17) is 48.6 Å². The molecule has 0 spiro atoms. The molecule has 1 fully saturated rings. The lowest BCUT2D eigenvalue weighted by atomic mass is 9.81. The normalized spacial score (nSPS) is 15.3. The molecule has 1 aliphatic carbocycles. The van der Waals surface area contributed by atoms with Crippen LogP contribution in [0.5, 0.6) is 5.75 Å². The molecule has 1 aliphatic rings. The Morgan fingerprint density at radius 3 is 1.92 bits per heavy atom. The van der Waals surface area contributed by atoms with Crippen LogP contribution in [0.3, 0.4) is 0 Å². The average molecular weight is 870 g/mol. The number of carbonyl (C=O) groups is 3. The highest BCUT2D eigenvalue weighted by Crippen LogP contribution is 2.39. The second kappa shape index (κ2) is 27.2. The van der Waals surface area contributed by atoms with Crippen LogP contribution in [0, 0.1) is 5.92 Å². The number of imidazole rings is 1. The summed E-state index contributed by atoms with van der Waals surface area (Å²) >= 11 is 0. The molecule has 20 heteroatoms. The molecule has 342 valence electrons. The molecule has 0 radical (unpaired) electrons. The molecule has 0 aliphatic heterocycles. The van der Waals surface area contributed by atoms with E-state index in [1.165, 1.54) is 13.3 Å². The van der Waals surface area contributed by atoms with Crippen LogP contribution in [-0.4, -0.2) is 162 Å². The Balaban J connectivity index is 0.820. The predicted molar refractivity (Wildman–Crippen MR) is 229 cm³/mol. The smallest absolute Gasteiger partial charge is 0.223 e. The number of fused-ring (bicyclic) bond motifs is 2. The number of ether oxygens (including phenoxy) is 8. The van der Waals surface area contributed by atoms with Gasteiger partial charge in [0.2, 0.25) is 17.7 Å². The molecule has 1 aromatic carbocycles. The van der Waals surface area contributed by atoms with Gasteiger partial charge in [-0.15, -0.1) is 0 Å². The Hall–Kier alpha value is -4.96. The number of anilines is 1. The number of methoxy groups -OCH3 is 1. The summed E-state index contributed by atoms with van der Waals surface area (Å²) in [4.78, 5) is 48.5. The van der Waals surface area contributed by atoms with E-state index in [-0.39, 0.29) is 36.0 Å². The van der Waals surface area contributed by atoms with Gasteiger partial charge in [-0.1, -0.05) is 12.1 Å². The van der Waals surface area contributed by atoms with Crippen LogP contribution in [0.25, 0.3) is 27.8 Å². The number of amides is 3. The van der Waals surface area contributed by atoms with Crippen molar-refractivity contribution < 1.29 is 52.3 Å². The van der Waals surface area contributed by atoms with Crippen molar-refractivity contribution in [3.63, 3.8) is 0 Å². The molecule has 6 N–H and O–H groups in total. The monoisotopic (exact) mass is 869 g/mol. The van der Waals surface area contributed by atoms with E-state index in [1.807, 2.05) is 24.3 Å². The van der Waals surface area contributed by atoms with Crippen molar-refractivity contribution in [2.24, 2.45) is 5.92 Å². The second-order valence-electron chi connectivity index (χ2n) is 14.5. The Morgan fingerprint density at radius 1 is 0.758 bits per heavy atom. The van der Waals surface area contributed by atoms with Gasteiger partial charge in [0.15, 0.2) is 5.82 Å². The molecule has 0 atom stereocenters. The summed E-state index contributed by atoms with van der Waals surface area (Å²) in [6.45, 7) is 8.52. The first kappa shape index (κ1) is 48.1. The predicted octanol–water partition coefficient (Wildman–Crippen LogP) is 2.01. The van der Waals surface area contributed by atoms with Gasteiger partial charge in [-0.25, -0.2) is 14.5 Å². The van der Waals surface area contributed by atoms with Crippen LogP contribution in [0.2, 0.25) is 0 Å². The molecule has 3 amide bonds. The fraction of sp³-hybridized carbons (Fsp3) is 0.619. The van der Waals surface area contributed by atoms with Gasteiger partial charge < -0.3 is 64.6 Å². The maximum atomic E-state index is 13.0. The highest BCUT2D eigenvalue weighted by Gasteiger charge is 2.31. The number of H-pyrrole nitrogens is 1. The van der Waals surface area contributed by atoms with Gasteiger partial charge in [-0.3, -0.25) is 14.4 Å². The Bertz CT molecular complexity index is 1950. The van der Waals surface area contributed by atoms with E-state index >= 15 is 0 Å². The molecular weight excluding hydrogens is 807 g/mol. The summed E-state index contributed by atoms with van der Waals surface area (Å²) in [5.74, 6) is 1.76. The average Bonchev–Trinajstić information content (AvgIpc) is 3.89. The summed E-state index contributed by atoms with van der Waals surface area (Å²) in [5.41, 5.74) is 9.37. The number of carbonyl (C=O) groups excluding carboxylic acids is 3. The number of hydrogen-bond acceptors (Lipinski definition) is 15. The van der Waals surface area contributed by atoms with Crippen molar-refractivity contribution >= 4 is 40.0 Å². The van der Waals surface area contributed by atoms with Crippen LogP contribution in [0.15, 0.2) is 30.6 Å². The lowest BCUT2D eigenvalue weighted by molar-refractivity contribution is -0.126. The van der Waals surface area contributed by atoms with Crippen molar-refractivity contribution in [1.82, 2.24) is 40.5 Å². The molecule has 3 aromatic heterocycles.